The number of carbonyl (C=O) groups is 2. The Morgan fingerprint density at radius 3 is 2.64 bits per heavy atom. The molecule has 2 aliphatic rings. The summed E-state index contributed by atoms with van der Waals surface area (Å²) in [5.41, 5.74) is 1.18. The van der Waals surface area contributed by atoms with E-state index in [9.17, 15) is 14.0 Å². The number of ketones is 1. The van der Waals surface area contributed by atoms with E-state index in [1.807, 2.05) is 0 Å². The van der Waals surface area contributed by atoms with E-state index >= 15 is 0 Å². The van der Waals surface area contributed by atoms with Crippen LogP contribution in [0.4, 0.5) is 4.39 Å². The molecule has 3 unspecified atom stereocenters. The summed E-state index contributed by atoms with van der Waals surface area (Å²) in [7, 11) is 0. The van der Waals surface area contributed by atoms with E-state index in [4.69, 9.17) is 10.1 Å². The molecule has 5 nitrogen and oxygen atoms in total. The van der Waals surface area contributed by atoms with Gasteiger partial charge in [-0.15, -0.1) is 0 Å². The number of Topliss-reactive ketones (excluding diaryl/α,β-unsaturated/α-hetero) is 1. The zero-order valence-electron chi connectivity index (χ0n) is 16.0. The van der Waals surface area contributed by atoms with Gasteiger partial charge >= 0.3 is 0 Å². The largest absolute Gasteiger partial charge is 0.360 e. The van der Waals surface area contributed by atoms with Crippen LogP contribution < -0.4 is 5.32 Å². The number of rotatable bonds is 7. The van der Waals surface area contributed by atoms with Crippen molar-refractivity contribution < 1.29 is 18.7 Å². The highest BCUT2D eigenvalue weighted by Crippen LogP contribution is 2.32. The molecule has 1 saturated carbocycles. The van der Waals surface area contributed by atoms with Crippen LogP contribution in [0.1, 0.15) is 60.9 Å². The number of ether oxygens (including phenoxy) is 1. The molecular weight excluding hydrogens is 359 g/mol. The number of halogens is 1. The lowest BCUT2D eigenvalue weighted by molar-refractivity contribution is -0.112. The molecule has 150 valence electrons. The molecule has 6 heteroatoms. The lowest BCUT2D eigenvalue weighted by atomic mass is 9.76. The van der Waals surface area contributed by atoms with E-state index in [0.29, 0.717) is 30.7 Å². The molecule has 2 N–H and O–H groups in total. The summed E-state index contributed by atoms with van der Waals surface area (Å²) >= 11 is 0. The van der Waals surface area contributed by atoms with Crippen molar-refractivity contribution in [2.24, 2.45) is 11.8 Å². The molecule has 1 aliphatic carbocycles. The number of allylic oxidation sites excluding steroid dienone is 1. The SMILES string of the molecule is N=C/C=C(\NC1CCCCO1)c1ccc(C(=O)C2CCCCC2C=O)c(F)c1. The summed E-state index contributed by atoms with van der Waals surface area (Å²) in [6.45, 7) is 0.677. The topological polar surface area (TPSA) is 79.2 Å². The molecule has 3 rings (SSSR count). The number of hydrogen-bond acceptors (Lipinski definition) is 5. The summed E-state index contributed by atoms with van der Waals surface area (Å²) in [6, 6.07) is 4.49. The van der Waals surface area contributed by atoms with Crippen LogP contribution in [-0.4, -0.2) is 31.1 Å². The predicted octanol–water partition coefficient (Wildman–Crippen LogP) is 4.12. The standard InChI is InChI=1S/C22H27FN2O3/c23-19-13-15(20(10-11-24)25-21-7-3-4-12-28-21)8-9-18(19)22(27)17-6-2-1-5-16(17)14-26/h8-11,13-14,16-17,21,24-25H,1-7,12H2/b20-10-,24-11?. The van der Waals surface area contributed by atoms with E-state index in [-0.39, 0.29) is 23.5 Å². The molecule has 1 aromatic rings. The van der Waals surface area contributed by atoms with Gasteiger partial charge in [-0.3, -0.25) is 4.79 Å². The molecule has 3 atom stereocenters. The van der Waals surface area contributed by atoms with Crippen LogP contribution in [0.2, 0.25) is 0 Å². The van der Waals surface area contributed by atoms with Crippen LogP contribution in [0.25, 0.3) is 5.70 Å². The smallest absolute Gasteiger partial charge is 0.169 e. The minimum Gasteiger partial charge on any atom is -0.360 e. The van der Waals surface area contributed by atoms with E-state index in [0.717, 1.165) is 44.6 Å². The van der Waals surface area contributed by atoms with Gasteiger partial charge in [0.25, 0.3) is 0 Å². The third kappa shape index (κ3) is 4.73. The van der Waals surface area contributed by atoms with Gasteiger partial charge < -0.3 is 20.3 Å². The van der Waals surface area contributed by atoms with Gasteiger partial charge in [-0.1, -0.05) is 18.9 Å². The Bertz CT molecular complexity index is 756. The van der Waals surface area contributed by atoms with Gasteiger partial charge in [0.15, 0.2) is 5.78 Å². The Morgan fingerprint density at radius 2 is 1.96 bits per heavy atom. The molecule has 1 heterocycles. The number of carbonyl (C=O) groups excluding carboxylic acids is 2. The molecule has 28 heavy (non-hydrogen) atoms. The highest BCUT2D eigenvalue weighted by Gasteiger charge is 2.32. The average Bonchev–Trinajstić information content (AvgIpc) is 2.73. The molecule has 0 amide bonds. The van der Waals surface area contributed by atoms with Crippen molar-refractivity contribution in [3.05, 3.63) is 41.2 Å². The summed E-state index contributed by atoms with van der Waals surface area (Å²) < 4.78 is 20.5. The monoisotopic (exact) mass is 386 g/mol. The van der Waals surface area contributed by atoms with Crippen molar-refractivity contribution >= 4 is 24.0 Å². The summed E-state index contributed by atoms with van der Waals surface area (Å²) in [4.78, 5) is 24.1. The molecule has 0 spiro atoms. The fourth-order valence-corrected chi connectivity index (χ4v) is 4.07. The van der Waals surface area contributed by atoms with E-state index in [1.54, 1.807) is 12.1 Å². The van der Waals surface area contributed by atoms with Gasteiger partial charge in [0.1, 0.15) is 18.3 Å². The van der Waals surface area contributed by atoms with Crippen LogP contribution in [0.15, 0.2) is 24.3 Å². The zero-order valence-corrected chi connectivity index (χ0v) is 16.0. The van der Waals surface area contributed by atoms with E-state index < -0.39 is 11.7 Å². The first-order valence-electron chi connectivity index (χ1n) is 10.0. The Morgan fingerprint density at radius 1 is 1.18 bits per heavy atom. The van der Waals surface area contributed by atoms with Crippen LogP contribution in [0.3, 0.4) is 0 Å². The molecule has 1 saturated heterocycles. The molecule has 2 fully saturated rings. The fraction of sp³-hybridized carbons (Fsp3) is 0.500. The minimum absolute atomic E-state index is 0.0330. The normalized spacial score (nSPS) is 25.8. The molecular formula is C22H27FN2O3. The first-order chi connectivity index (χ1) is 13.6. The van der Waals surface area contributed by atoms with Crippen LogP contribution in [0.5, 0.6) is 0 Å². The number of hydrogen-bond donors (Lipinski definition) is 2. The molecule has 1 aromatic carbocycles. The lowest BCUT2D eigenvalue weighted by Crippen LogP contribution is -2.33. The fourth-order valence-electron chi connectivity index (χ4n) is 4.07. The summed E-state index contributed by atoms with van der Waals surface area (Å²) in [5, 5.41) is 10.6. The Hall–Kier alpha value is -2.34. The Kier molecular flexibility index (Phi) is 7.09. The van der Waals surface area contributed by atoms with E-state index in [2.05, 4.69) is 5.32 Å². The zero-order chi connectivity index (χ0) is 19.9. The lowest BCUT2D eigenvalue weighted by Gasteiger charge is -2.27. The summed E-state index contributed by atoms with van der Waals surface area (Å²) in [6.07, 6.45) is 9.43. The highest BCUT2D eigenvalue weighted by atomic mass is 19.1. The van der Waals surface area contributed by atoms with Crippen LogP contribution in [-0.2, 0) is 9.53 Å². The van der Waals surface area contributed by atoms with Crippen molar-refractivity contribution in [3.8, 4) is 0 Å². The van der Waals surface area contributed by atoms with Gasteiger partial charge in [0.05, 0.1) is 5.56 Å². The van der Waals surface area contributed by atoms with Gasteiger partial charge in [-0.2, -0.15) is 0 Å². The van der Waals surface area contributed by atoms with E-state index in [1.165, 1.54) is 12.1 Å². The van der Waals surface area contributed by atoms with Crippen molar-refractivity contribution in [2.45, 2.75) is 51.2 Å². The number of benzene rings is 1. The molecule has 0 radical (unpaired) electrons. The second kappa shape index (κ2) is 9.73. The second-order valence-corrected chi connectivity index (χ2v) is 7.50. The van der Waals surface area contributed by atoms with Crippen LogP contribution >= 0.6 is 0 Å². The molecule has 1 aliphatic heterocycles. The van der Waals surface area contributed by atoms with Crippen molar-refractivity contribution in [3.63, 3.8) is 0 Å². The third-order valence-electron chi connectivity index (χ3n) is 5.62. The van der Waals surface area contributed by atoms with Gasteiger partial charge in [-0.25, -0.2) is 4.39 Å². The first kappa shape index (κ1) is 20.4. The van der Waals surface area contributed by atoms with Gasteiger partial charge in [0.2, 0.25) is 0 Å². The molecule has 0 aromatic heterocycles. The quantitative estimate of drug-likeness (QED) is 0.420. The maximum Gasteiger partial charge on any atom is 0.169 e. The van der Waals surface area contributed by atoms with Crippen molar-refractivity contribution in [2.75, 3.05) is 6.61 Å². The Balaban J connectivity index is 1.79. The van der Waals surface area contributed by atoms with Gasteiger partial charge in [-0.05, 0) is 50.3 Å². The maximum absolute atomic E-state index is 14.8. The van der Waals surface area contributed by atoms with Gasteiger partial charge in [0, 0.05) is 35.9 Å². The maximum atomic E-state index is 14.8. The Labute approximate surface area is 164 Å². The van der Waals surface area contributed by atoms with Crippen LogP contribution in [0, 0.1) is 23.1 Å². The summed E-state index contributed by atoms with van der Waals surface area (Å²) in [5.74, 6) is -1.64. The third-order valence-corrected chi connectivity index (χ3v) is 5.62. The molecule has 0 bridgehead atoms. The number of nitrogens with one attached hydrogen (secondary N) is 2. The first-order valence-corrected chi connectivity index (χ1v) is 10.0. The van der Waals surface area contributed by atoms with Crippen molar-refractivity contribution in [1.82, 2.24) is 5.32 Å². The van der Waals surface area contributed by atoms with Crippen molar-refractivity contribution in [1.29, 1.82) is 5.41 Å². The average molecular weight is 386 g/mol. The number of aldehydes is 1. The predicted molar refractivity (Wildman–Crippen MR) is 106 cm³/mol. The second-order valence-electron chi connectivity index (χ2n) is 7.50. The minimum atomic E-state index is -0.597. The highest BCUT2D eigenvalue weighted by molar-refractivity contribution is 5.99.